The van der Waals surface area contributed by atoms with Gasteiger partial charge in [0.05, 0.1) is 13.0 Å². The summed E-state index contributed by atoms with van der Waals surface area (Å²) in [5, 5.41) is 0. The van der Waals surface area contributed by atoms with Crippen LogP contribution in [0, 0.1) is 12.8 Å². The Bertz CT molecular complexity index is 559. The van der Waals surface area contributed by atoms with E-state index in [-0.39, 0.29) is 11.9 Å². The average Bonchev–Trinajstić information content (AvgIpc) is 2.74. The number of methoxy groups -OCH3 is 1. The van der Waals surface area contributed by atoms with Gasteiger partial charge in [0.15, 0.2) is 11.5 Å². The number of ether oxygens (including phenoxy) is 1. The Balaban J connectivity index is 2.22. The number of carbonyl (C=O) groups is 1. The number of esters is 1. The fourth-order valence-corrected chi connectivity index (χ4v) is 2.06. The topological polar surface area (TPSA) is 52.3 Å². The highest BCUT2D eigenvalue weighted by molar-refractivity contribution is 5.75. The van der Waals surface area contributed by atoms with Crippen LogP contribution in [0.4, 0.5) is 0 Å². The molecule has 0 aliphatic heterocycles. The summed E-state index contributed by atoms with van der Waals surface area (Å²) in [4.78, 5) is 15.8. The van der Waals surface area contributed by atoms with Gasteiger partial charge in [0.1, 0.15) is 5.52 Å². The monoisotopic (exact) mass is 247 g/mol. The lowest BCUT2D eigenvalue weighted by Crippen LogP contribution is -2.17. The van der Waals surface area contributed by atoms with Crippen molar-refractivity contribution in [2.75, 3.05) is 7.11 Å². The third-order valence-electron chi connectivity index (χ3n) is 3.07. The maximum absolute atomic E-state index is 11.6. The number of rotatable bonds is 4. The largest absolute Gasteiger partial charge is 0.469 e. The lowest BCUT2D eigenvalue weighted by molar-refractivity contribution is -0.145. The molecule has 0 aliphatic rings. The van der Waals surface area contributed by atoms with Crippen LogP contribution in [0.15, 0.2) is 22.6 Å². The molecule has 18 heavy (non-hydrogen) atoms. The highest BCUT2D eigenvalue weighted by atomic mass is 16.5. The number of benzene rings is 1. The summed E-state index contributed by atoms with van der Waals surface area (Å²) in [7, 11) is 1.42. The van der Waals surface area contributed by atoms with Crippen molar-refractivity contribution in [1.29, 1.82) is 0 Å². The van der Waals surface area contributed by atoms with E-state index in [1.165, 1.54) is 7.11 Å². The van der Waals surface area contributed by atoms with Gasteiger partial charge in [0, 0.05) is 6.92 Å². The summed E-state index contributed by atoms with van der Waals surface area (Å²) in [5.74, 6) is 0.393. The Hall–Kier alpha value is -1.84. The maximum Gasteiger partial charge on any atom is 0.308 e. The second-order valence-electron chi connectivity index (χ2n) is 4.37. The molecule has 1 aromatic carbocycles. The van der Waals surface area contributed by atoms with Gasteiger partial charge >= 0.3 is 5.97 Å². The van der Waals surface area contributed by atoms with Gasteiger partial charge in [-0.1, -0.05) is 13.0 Å². The van der Waals surface area contributed by atoms with Gasteiger partial charge in [-0.15, -0.1) is 0 Å². The van der Waals surface area contributed by atoms with Gasteiger partial charge in [0.2, 0.25) is 0 Å². The fourth-order valence-electron chi connectivity index (χ4n) is 2.06. The number of hydrogen-bond acceptors (Lipinski definition) is 4. The van der Waals surface area contributed by atoms with Crippen LogP contribution in [-0.2, 0) is 16.0 Å². The van der Waals surface area contributed by atoms with Gasteiger partial charge in [-0.2, -0.15) is 0 Å². The van der Waals surface area contributed by atoms with Gasteiger partial charge in [-0.05, 0) is 30.5 Å². The molecule has 0 fully saturated rings. The molecule has 1 aromatic heterocycles. The van der Waals surface area contributed by atoms with Crippen molar-refractivity contribution in [3.63, 3.8) is 0 Å². The van der Waals surface area contributed by atoms with Crippen LogP contribution in [0.25, 0.3) is 11.1 Å². The van der Waals surface area contributed by atoms with Crippen molar-refractivity contribution < 1.29 is 13.9 Å². The second-order valence-corrected chi connectivity index (χ2v) is 4.37. The van der Waals surface area contributed by atoms with Crippen molar-refractivity contribution in [1.82, 2.24) is 4.98 Å². The maximum atomic E-state index is 11.6. The molecule has 0 aliphatic carbocycles. The first-order valence-corrected chi connectivity index (χ1v) is 6.08. The summed E-state index contributed by atoms with van der Waals surface area (Å²) in [6, 6.07) is 5.85. The molecule has 96 valence electrons. The SMILES string of the molecule is CCC(Cc1ccc2nc(C)oc2c1)C(=O)OC. The molecule has 0 saturated carbocycles. The first-order valence-electron chi connectivity index (χ1n) is 6.08. The second kappa shape index (κ2) is 5.21. The molecule has 0 radical (unpaired) electrons. The zero-order valence-corrected chi connectivity index (χ0v) is 10.9. The third kappa shape index (κ3) is 2.53. The molecule has 1 heterocycles. The van der Waals surface area contributed by atoms with Crippen molar-refractivity contribution in [3.8, 4) is 0 Å². The molecule has 1 unspecified atom stereocenters. The minimum Gasteiger partial charge on any atom is -0.469 e. The zero-order chi connectivity index (χ0) is 13.1. The fraction of sp³-hybridized carbons (Fsp3) is 0.429. The third-order valence-corrected chi connectivity index (χ3v) is 3.07. The minimum atomic E-state index is -0.161. The van der Waals surface area contributed by atoms with Gasteiger partial charge < -0.3 is 9.15 Å². The van der Waals surface area contributed by atoms with Crippen LogP contribution in [0.2, 0.25) is 0 Å². The molecular formula is C14H17NO3. The standard InChI is InChI=1S/C14H17NO3/c1-4-11(14(16)17-3)7-10-5-6-12-13(8-10)18-9(2)15-12/h5-6,8,11H,4,7H2,1-3H3. The van der Waals surface area contributed by atoms with Crippen molar-refractivity contribution in [2.45, 2.75) is 26.7 Å². The van der Waals surface area contributed by atoms with Crippen LogP contribution in [0.3, 0.4) is 0 Å². The van der Waals surface area contributed by atoms with E-state index in [2.05, 4.69) is 4.98 Å². The van der Waals surface area contributed by atoms with E-state index in [9.17, 15) is 4.79 Å². The van der Waals surface area contributed by atoms with E-state index in [1.807, 2.05) is 32.0 Å². The number of nitrogens with zero attached hydrogens (tertiary/aromatic N) is 1. The first kappa shape index (κ1) is 12.6. The number of aryl methyl sites for hydroxylation is 1. The van der Waals surface area contributed by atoms with E-state index >= 15 is 0 Å². The van der Waals surface area contributed by atoms with E-state index in [0.717, 1.165) is 23.1 Å². The van der Waals surface area contributed by atoms with Crippen molar-refractivity contribution in [2.24, 2.45) is 5.92 Å². The van der Waals surface area contributed by atoms with Crippen molar-refractivity contribution in [3.05, 3.63) is 29.7 Å². The van der Waals surface area contributed by atoms with E-state index in [1.54, 1.807) is 0 Å². The first-order chi connectivity index (χ1) is 8.63. The van der Waals surface area contributed by atoms with Crippen LogP contribution < -0.4 is 0 Å². The molecule has 0 N–H and O–H groups in total. The Kier molecular flexibility index (Phi) is 3.65. The number of hydrogen-bond donors (Lipinski definition) is 0. The molecule has 0 spiro atoms. The summed E-state index contributed by atoms with van der Waals surface area (Å²) >= 11 is 0. The molecular weight excluding hydrogens is 230 g/mol. The summed E-state index contributed by atoms with van der Waals surface area (Å²) in [6.07, 6.45) is 1.43. The summed E-state index contributed by atoms with van der Waals surface area (Å²) in [6.45, 7) is 3.81. The minimum absolute atomic E-state index is 0.100. The van der Waals surface area contributed by atoms with Gasteiger partial charge in [0.25, 0.3) is 0 Å². The lowest BCUT2D eigenvalue weighted by atomic mass is 9.97. The smallest absolute Gasteiger partial charge is 0.308 e. The van der Waals surface area contributed by atoms with Gasteiger partial charge in [-0.25, -0.2) is 4.98 Å². The quantitative estimate of drug-likeness (QED) is 0.779. The van der Waals surface area contributed by atoms with E-state index < -0.39 is 0 Å². The Morgan fingerprint density at radius 3 is 2.94 bits per heavy atom. The Labute approximate surface area is 106 Å². The number of carbonyl (C=O) groups excluding carboxylic acids is 1. The van der Waals surface area contributed by atoms with Crippen LogP contribution in [-0.4, -0.2) is 18.1 Å². The molecule has 0 saturated heterocycles. The van der Waals surface area contributed by atoms with E-state index in [4.69, 9.17) is 9.15 Å². The van der Waals surface area contributed by atoms with Crippen LogP contribution in [0.1, 0.15) is 24.8 Å². The summed E-state index contributed by atoms with van der Waals surface area (Å²) < 4.78 is 10.3. The van der Waals surface area contributed by atoms with Gasteiger partial charge in [-0.3, -0.25) is 4.79 Å². The highest BCUT2D eigenvalue weighted by Gasteiger charge is 2.17. The normalized spacial score (nSPS) is 12.6. The molecule has 4 nitrogen and oxygen atoms in total. The molecule has 0 amide bonds. The lowest BCUT2D eigenvalue weighted by Gasteiger charge is -2.11. The molecule has 4 heteroatoms. The number of fused-ring (bicyclic) bond motifs is 1. The number of aromatic nitrogens is 1. The zero-order valence-electron chi connectivity index (χ0n) is 10.9. The Morgan fingerprint density at radius 1 is 1.50 bits per heavy atom. The van der Waals surface area contributed by atoms with Crippen LogP contribution in [0.5, 0.6) is 0 Å². The predicted molar refractivity (Wildman–Crippen MR) is 68.2 cm³/mol. The molecule has 0 bridgehead atoms. The predicted octanol–water partition coefficient (Wildman–Crippen LogP) is 2.88. The molecule has 1 atom stereocenters. The van der Waals surface area contributed by atoms with Crippen molar-refractivity contribution >= 4 is 17.1 Å². The Morgan fingerprint density at radius 2 is 2.28 bits per heavy atom. The van der Waals surface area contributed by atoms with E-state index in [0.29, 0.717) is 12.3 Å². The average molecular weight is 247 g/mol. The van der Waals surface area contributed by atoms with Crippen LogP contribution >= 0.6 is 0 Å². The molecule has 2 aromatic rings. The highest BCUT2D eigenvalue weighted by Crippen LogP contribution is 2.20. The summed E-state index contributed by atoms with van der Waals surface area (Å²) in [5.41, 5.74) is 2.68. The number of oxazole rings is 1. The molecule has 2 rings (SSSR count).